The molecule has 1 aliphatic rings. The second-order valence-electron chi connectivity index (χ2n) is 7.39. The van der Waals surface area contributed by atoms with Gasteiger partial charge in [0, 0.05) is 19.6 Å². The summed E-state index contributed by atoms with van der Waals surface area (Å²) < 4.78 is 0. The minimum absolute atomic E-state index is 0.0906. The number of carbonyl (C=O) groups is 1. The number of nitrogens with one attached hydrogen (secondary N) is 2. The number of hydrogen-bond donors (Lipinski definition) is 3. The van der Waals surface area contributed by atoms with Crippen molar-refractivity contribution in [3.8, 4) is 0 Å². The Bertz CT molecular complexity index is 313. The van der Waals surface area contributed by atoms with Crippen LogP contribution in [0, 0.1) is 11.3 Å². The Labute approximate surface area is 129 Å². The van der Waals surface area contributed by atoms with Crippen LogP contribution < -0.4 is 10.6 Å². The molecule has 1 saturated heterocycles. The SMILES string of the molecule is CC(O)CC(C)(C)CNC(=O)NCC(C)CN1CCCC1. The van der Waals surface area contributed by atoms with E-state index < -0.39 is 0 Å². The van der Waals surface area contributed by atoms with Gasteiger partial charge in [-0.1, -0.05) is 20.8 Å². The van der Waals surface area contributed by atoms with E-state index in [2.05, 4.69) is 36.3 Å². The number of amides is 2. The summed E-state index contributed by atoms with van der Waals surface area (Å²) in [5.74, 6) is 0.472. The van der Waals surface area contributed by atoms with Gasteiger partial charge in [-0.15, -0.1) is 0 Å². The van der Waals surface area contributed by atoms with Crippen molar-refractivity contribution in [2.24, 2.45) is 11.3 Å². The minimum atomic E-state index is -0.342. The molecule has 3 N–H and O–H groups in total. The van der Waals surface area contributed by atoms with Gasteiger partial charge in [-0.2, -0.15) is 0 Å². The van der Waals surface area contributed by atoms with Crippen molar-refractivity contribution >= 4 is 6.03 Å². The van der Waals surface area contributed by atoms with Crippen LogP contribution in [0.25, 0.3) is 0 Å². The summed E-state index contributed by atoms with van der Waals surface area (Å²) in [5.41, 5.74) is -0.0906. The molecule has 21 heavy (non-hydrogen) atoms. The standard InChI is InChI=1S/C16H33N3O2/c1-13(11-19-7-5-6-8-19)10-17-15(21)18-12-16(3,4)9-14(2)20/h13-14,20H,5-12H2,1-4H3,(H2,17,18,21). The average molecular weight is 299 g/mol. The summed E-state index contributed by atoms with van der Waals surface area (Å²) in [6.07, 6.45) is 2.95. The number of aliphatic hydroxyl groups excluding tert-OH is 1. The lowest BCUT2D eigenvalue weighted by Crippen LogP contribution is -2.43. The number of aliphatic hydroxyl groups is 1. The normalized spacial score (nSPS) is 19.3. The highest BCUT2D eigenvalue weighted by Gasteiger charge is 2.21. The molecule has 0 spiro atoms. The fourth-order valence-corrected chi connectivity index (χ4v) is 2.99. The molecule has 0 aromatic heterocycles. The minimum Gasteiger partial charge on any atom is -0.393 e. The fourth-order valence-electron chi connectivity index (χ4n) is 2.99. The molecule has 0 saturated carbocycles. The van der Waals surface area contributed by atoms with Gasteiger partial charge in [0.15, 0.2) is 0 Å². The van der Waals surface area contributed by atoms with Gasteiger partial charge >= 0.3 is 6.03 Å². The van der Waals surface area contributed by atoms with E-state index >= 15 is 0 Å². The Hall–Kier alpha value is -0.810. The van der Waals surface area contributed by atoms with E-state index in [1.807, 2.05) is 0 Å². The smallest absolute Gasteiger partial charge is 0.314 e. The molecule has 0 aromatic carbocycles. The molecule has 5 heteroatoms. The summed E-state index contributed by atoms with van der Waals surface area (Å²) in [6, 6.07) is -0.109. The van der Waals surface area contributed by atoms with Crippen LogP contribution in [0.5, 0.6) is 0 Å². The van der Waals surface area contributed by atoms with Gasteiger partial charge in [0.1, 0.15) is 0 Å². The molecule has 1 aliphatic heterocycles. The van der Waals surface area contributed by atoms with Gasteiger partial charge in [0.25, 0.3) is 0 Å². The third kappa shape index (κ3) is 8.27. The van der Waals surface area contributed by atoms with E-state index in [0.29, 0.717) is 25.4 Å². The third-order valence-electron chi connectivity index (χ3n) is 3.96. The summed E-state index contributed by atoms with van der Waals surface area (Å²) in [5, 5.41) is 15.3. The van der Waals surface area contributed by atoms with E-state index in [1.165, 1.54) is 25.9 Å². The lowest BCUT2D eigenvalue weighted by atomic mass is 9.87. The van der Waals surface area contributed by atoms with Crippen molar-refractivity contribution in [2.75, 3.05) is 32.7 Å². The average Bonchev–Trinajstić information content (AvgIpc) is 2.85. The quantitative estimate of drug-likeness (QED) is 0.640. The molecule has 5 nitrogen and oxygen atoms in total. The monoisotopic (exact) mass is 299 g/mol. The maximum atomic E-state index is 11.8. The molecule has 2 amide bonds. The predicted octanol–water partition coefficient (Wildman–Crippen LogP) is 1.81. The highest BCUT2D eigenvalue weighted by molar-refractivity contribution is 5.73. The molecule has 0 radical (unpaired) electrons. The van der Waals surface area contributed by atoms with Crippen LogP contribution in [-0.2, 0) is 0 Å². The zero-order valence-corrected chi connectivity index (χ0v) is 14.1. The van der Waals surface area contributed by atoms with Crippen molar-refractivity contribution in [3.63, 3.8) is 0 Å². The van der Waals surface area contributed by atoms with Gasteiger partial charge in [0.2, 0.25) is 0 Å². The number of carbonyl (C=O) groups excluding carboxylic acids is 1. The number of likely N-dealkylation sites (tertiary alicyclic amines) is 1. The topological polar surface area (TPSA) is 64.6 Å². The first-order valence-corrected chi connectivity index (χ1v) is 8.20. The first-order chi connectivity index (χ1) is 9.78. The number of rotatable bonds is 8. The number of urea groups is 1. The van der Waals surface area contributed by atoms with E-state index in [0.717, 1.165) is 6.54 Å². The Morgan fingerprint density at radius 1 is 1.24 bits per heavy atom. The van der Waals surface area contributed by atoms with E-state index in [9.17, 15) is 9.90 Å². The first-order valence-electron chi connectivity index (χ1n) is 8.20. The number of hydrogen-bond acceptors (Lipinski definition) is 3. The van der Waals surface area contributed by atoms with Gasteiger partial charge in [0.05, 0.1) is 6.10 Å². The van der Waals surface area contributed by atoms with Crippen LogP contribution in [0.1, 0.15) is 47.0 Å². The molecule has 1 heterocycles. The fraction of sp³-hybridized carbons (Fsp3) is 0.938. The van der Waals surface area contributed by atoms with Crippen LogP contribution >= 0.6 is 0 Å². The van der Waals surface area contributed by atoms with Crippen LogP contribution in [-0.4, -0.2) is 54.9 Å². The summed E-state index contributed by atoms with van der Waals surface area (Å²) >= 11 is 0. The molecule has 2 unspecified atom stereocenters. The van der Waals surface area contributed by atoms with Crippen LogP contribution in [0.15, 0.2) is 0 Å². The number of nitrogens with zero attached hydrogens (tertiary/aromatic N) is 1. The molecular formula is C16H33N3O2. The molecule has 1 fully saturated rings. The highest BCUT2D eigenvalue weighted by atomic mass is 16.3. The lowest BCUT2D eigenvalue weighted by molar-refractivity contribution is 0.128. The van der Waals surface area contributed by atoms with Crippen molar-refractivity contribution in [1.82, 2.24) is 15.5 Å². The molecule has 124 valence electrons. The van der Waals surface area contributed by atoms with Crippen LogP contribution in [0.3, 0.4) is 0 Å². The first kappa shape index (κ1) is 18.2. The van der Waals surface area contributed by atoms with Gasteiger partial charge in [-0.3, -0.25) is 0 Å². The van der Waals surface area contributed by atoms with Gasteiger partial charge in [-0.05, 0) is 50.6 Å². The zero-order chi connectivity index (χ0) is 15.9. The Kier molecular flexibility index (Phi) is 7.46. The molecule has 2 atom stereocenters. The Morgan fingerprint density at radius 2 is 1.86 bits per heavy atom. The largest absolute Gasteiger partial charge is 0.393 e. The summed E-state index contributed by atoms with van der Waals surface area (Å²) in [6.45, 7) is 12.8. The lowest BCUT2D eigenvalue weighted by Gasteiger charge is -2.26. The Balaban J connectivity index is 2.15. The van der Waals surface area contributed by atoms with Gasteiger partial charge < -0.3 is 20.6 Å². The van der Waals surface area contributed by atoms with Crippen LogP contribution in [0.2, 0.25) is 0 Å². The zero-order valence-electron chi connectivity index (χ0n) is 14.1. The van der Waals surface area contributed by atoms with E-state index in [4.69, 9.17) is 0 Å². The third-order valence-corrected chi connectivity index (χ3v) is 3.96. The molecule has 1 rings (SSSR count). The van der Waals surface area contributed by atoms with E-state index in [-0.39, 0.29) is 17.6 Å². The maximum absolute atomic E-state index is 11.8. The van der Waals surface area contributed by atoms with Crippen LogP contribution in [0.4, 0.5) is 4.79 Å². The van der Waals surface area contributed by atoms with Gasteiger partial charge in [-0.25, -0.2) is 4.79 Å². The molecule has 0 aliphatic carbocycles. The summed E-state index contributed by atoms with van der Waals surface area (Å²) in [7, 11) is 0. The molecular weight excluding hydrogens is 266 g/mol. The maximum Gasteiger partial charge on any atom is 0.314 e. The van der Waals surface area contributed by atoms with E-state index in [1.54, 1.807) is 6.92 Å². The molecule has 0 aromatic rings. The van der Waals surface area contributed by atoms with Crippen molar-refractivity contribution in [2.45, 2.75) is 53.1 Å². The van der Waals surface area contributed by atoms with Crippen molar-refractivity contribution in [1.29, 1.82) is 0 Å². The molecule has 0 bridgehead atoms. The second-order valence-corrected chi connectivity index (χ2v) is 7.39. The Morgan fingerprint density at radius 3 is 2.43 bits per heavy atom. The van der Waals surface area contributed by atoms with Crippen molar-refractivity contribution in [3.05, 3.63) is 0 Å². The second kappa shape index (κ2) is 8.59. The predicted molar refractivity (Wildman–Crippen MR) is 86.3 cm³/mol. The highest BCUT2D eigenvalue weighted by Crippen LogP contribution is 2.20. The van der Waals surface area contributed by atoms with Crippen molar-refractivity contribution < 1.29 is 9.90 Å². The summed E-state index contributed by atoms with van der Waals surface area (Å²) in [4.78, 5) is 14.3.